The summed E-state index contributed by atoms with van der Waals surface area (Å²) in [5.41, 5.74) is 0.168. The first-order valence-corrected chi connectivity index (χ1v) is 13.6. The lowest BCUT2D eigenvalue weighted by atomic mass is 9.91. The van der Waals surface area contributed by atoms with Gasteiger partial charge in [-0.2, -0.15) is 18.3 Å². The number of hydrogen-bond donors (Lipinski definition) is 3. The Kier molecular flexibility index (Phi) is 6.35. The number of thiophene rings is 1. The van der Waals surface area contributed by atoms with Gasteiger partial charge in [0.05, 0.1) is 11.5 Å². The van der Waals surface area contributed by atoms with Gasteiger partial charge in [0.25, 0.3) is 5.91 Å². The number of fused-ring (bicyclic) bond motifs is 1. The van der Waals surface area contributed by atoms with E-state index in [-0.39, 0.29) is 30.1 Å². The molecule has 2 fully saturated rings. The molecule has 6 rings (SSSR count). The molecule has 3 aliphatic carbocycles. The van der Waals surface area contributed by atoms with Crippen LogP contribution in [0, 0.1) is 11.8 Å². The van der Waals surface area contributed by atoms with E-state index in [0.717, 1.165) is 34.0 Å². The Morgan fingerprint density at radius 1 is 1.23 bits per heavy atom. The summed E-state index contributed by atoms with van der Waals surface area (Å²) in [5, 5.41) is 20.6. The number of hydrogen-bond acceptors (Lipinski definition) is 7. The van der Waals surface area contributed by atoms with Crippen LogP contribution >= 0.6 is 11.3 Å². The van der Waals surface area contributed by atoms with Gasteiger partial charge < -0.3 is 16.0 Å². The second-order valence-corrected chi connectivity index (χ2v) is 11.4. The molecule has 39 heavy (non-hydrogen) atoms. The molecular weight excluding hydrogens is 540 g/mol. The predicted octanol–water partition coefficient (Wildman–Crippen LogP) is 4.00. The average molecular weight is 567 g/mol. The van der Waals surface area contributed by atoms with E-state index >= 15 is 0 Å². The van der Waals surface area contributed by atoms with E-state index in [1.165, 1.54) is 24.7 Å². The first-order valence-electron chi connectivity index (χ1n) is 12.7. The number of carbonyl (C=O) groups excluding carboxylic acids is 2. The van der Waals surface area contributed by atoms with Crippen LogP contribution in [0.5, 0.6) is 0 Å². The minimum absolute atomic E-state index is 0.0972. The van der Waals surface area contributed by atoms with Gasteiger partial charge in [0.1, 0.15) is 23.3 Å². The largest absolute Gasteiger partial charge is 0.435 e. The zero-order valence-electron chi connectivity index (χ0n) is 20.9. The lowest BCUT2D eigenvalue weighted by molar-refractivity contribution is -0.141. The monoisotopic (exact) mass is 566 g/mol. The zero-order chi connectivity index (χ0) is 27.5. The van der Waals surface area contributed by atoms with Gasteiger partial charge in [-0.15, -0.1) is 21.5 Å². The van der Waals surface area contributed by atoms with Crippen molar-refractivity contribution >= 4 is 39.9 Å². The van der Waals surface area contributed by atoms with Gasteiger partial charge in [-0.1, -0.05) is 0 Å². The van der Waals surface area contributed by atoms with Crippen LogP contribution in [0.15, 0.2) is 12.4 Å². The highest BCUT2D eigenvalue weighted by atomic mass is 32.1. The van der Waals surface area contributed by atoms with Crippen molar-refractivity contribution in [3.8, 4) is 0 Å². The number of alkyl halides is 4. The second kappa shape index (κ2) is 9.61. The van der Waals surface area contributed by atoms with Gasteiger partial charge >= 0.3 is 6.18 Å². The zero-order valence-corrected chi connectivity index (χ0v) is 21.7. The molecule has 0 aliphatic heterocycles. The molecule has 3 aromatic rings. The average Bonchev–Trinajstić information content (AvgIpc) is 3.71. The standard InChI is InChI=1S/C24H26F4N8O2S/c1-35-18(8-17(34-35)24(26,27)28)31-23-33-30-10-36(23)12-4-5-16-14(6-12)19(21(38)29-9-11-2-3-11)22(39-16)32-20(37)13-7-15(13)25/h8,10-13,15H,2-7,9H2,1H3,(H,29,38)(H,31,33)(H,32,37). The first-order chi connectivity index (χ1) is 18.6. The van der Waals surface area contributed by atoms with Gasteiger partial charge in [-0.3, -0.25) is 18.8 Å². The third kappa shape index (κ3) is 5.23. The summed E-state index contributed by atoms with van der Waals surface area (Å²) >= 11 is 1.34. The quantitative estimate of drug-likeness (QED) is 0.355. The predicted molar refractivity (Wildman–Crippen MR) is 134 cm³/mol. The summed E-state index contributed by atoms with van der Waals surface area (Å²) in [6.07, 6.45) is -0.224. The Morgan fingerprint density at radius 3 is 2.67 bits per heavy atom. The molecule has 3 aliphatic rings. The molecule has 2 saturated carbocycles. The fourth-order valence-electron chi connectivity index (χ4n) is 4.85. The van der Waals surface area contributed by atoms with Crippen molar-refractivity contribution in [2.24, 2.45) is 18.9 Å². The third-order valence-corrected chi connectivity index (χ3v) is 8.58. The van der Waals surface area contributed by atoms with Crippen LogP contribution < -0.4 is 16.0 Å². The molecule has 0 saturated heterocycles. The summed E-state index contributed by atoms with van der Waals surface area (Å²) in [6.45, 7) is 0.555. The van der Waals surface area contributed by atoms with Crippen LogP contribution in [0.1, 0.15) is 58.2 Å². The van der Waals surface area contributed by atoms with Crippen molar-refractivity contribution < 1.29 is 27.2 Å². The van der Waals surface area contributed by atoms with Crippen molar-refractivity contribution in [1.82, 2.24) is 29.9 Å². The highest BCUT2D eigenvalue weighted by molar-refractivity contribution is 7.17. The fraction of sp³-hybridized carbons (Fsp3) is 0.542. The van der Waals surface area contributed by atoms with Crippen molar-refractivity contribution in [2.75, 3.05) is 17.2 Å². The van der Waals surface area contributed by atoms with Crippen LogP contribution in [-0.2, 0) is 30.9 Å². The number of anilines is 3. The van der Waals surface area contributed by atoms with E-state index in [9.17, 15) is 27.2 Å². The van der Waals surface area contributed by atoms with Gasteiger partial charge in [-0.05, 0) is 50.0 Å². The number of aromatic nitrogens is 5. The molecular formula is C24H26F4N8O2S. The van der Waals surface area contributed by atoms with E-state index < -0.39 is 29.9 Å². The van der Waals surface area contributed by atoms with Gasteiger partial charge in [-0.25, -0.2) is 4.39 Å². The fourth-order valence-corrected chi connectivity index (χ4v) is 6.10. The molecule has 3 N–H and O–H groups in total. The maximum absolute atomic E-state index is 13.5. The van der Waals surface area contributed by atoms with Crippen LogP contribution in [-0.4, -0.2) is 49.1 Å². The maximum Gasteiger partial charge on any atom is 0.435 e. The number of aryl methyl sites for hydroxylation is 2. The number of carbonyl (C=O) groups is 2. The smallest absolute Gasteiger partial charge is 0.352 e. The molecule has 2 amide bonds. The summed E-state index contributed by atoms with van der Waals surface area (Å²) in [7, 11) is 1.39. The van der Waals surface area contributed by atoms with Crippen molar-refractivity contribution in [3.63, 3.8) is 0 Å². The molecule has 10 nitrogen and oxygen atoms in total. The van der Waals surface area contributed by atoms with Crippen molar-refractivity contribution in [3.05, 3.63) is 34.1 Å². The summed E-state index contributed by atoms with van der Waals surface area (Å²) in [6, 6.07) is 0.702. The van der Waals surface area contributed by atoms with Crippen molar-refractivity contribution in [2.45, 2.75) is 56.9 Å². The van der Waals surface area contributed by atoms with E-state index in [2.05, 4.69) is 31.2 Å². The molecule has 208 valence electrons. The number of halogens is 4. The highest BCUT2D eigenvalue weighted by Crippen LogP contribution is 2.43. The number of rotatable bonds is 8. The molecule has 0 radical (unpaired) electrons. The highest BCUT2D eigenvalue weighted by Gasteiger charge is 2.44. The molecule has 0 aromatic carbocycles. The lowest BCUT2D eigenvalue weighted by Crippen LogP contribution is -2.29. The Labute approximate surface area is 224 Å². The summed E-state index contributed by atoms with van der Waals surface area (Å²) < 4.78 is 55.7. The van der Waals surface area contributed by atoms with Crippen LogP contribution in [0.25, 0.3) is 0 Å². The number of nitrogens with one attached hydrogen (secondary N) is 3. The molecule has 3 aromatic heterocycles. The van der Waals surface area contributed by atoms with E-state index in [0.29, 0.717) is 42.3 Å². The Bertz CT molecular complexity index is 1430. The Balaban J connectivity index is 1.26. The Hall–Kier alpha value is -3.49. The summed E-state index contributed by atoms with van der Waals surface area (Å²) in [4.78, 5) is 26.8. The molecule has 0 bridgehead atoms. The SMILES string of the molecule is Cn1nc(C(F)(F)F)cc1Nc1nncn1C1CCc2sc(NC(=O)C3CC3F)c(C(=O)NCC3CC3)c2C1. The van der Waals surface area contributed by atoms with Crippen molar-refractivity contribution in [1.29, 1.82) is 0 Å². The Morgan fingerprint density at radius 2 is 2.00 bits per heavy atom. The van der Waals surface area contributed by atoms with E-state index in [4.69, 9.17) is 0 Å². The lowest BCUT2D eigenvalue weighted by Gasteiger charge is -2.25. The van der Waals surface area contributed by atoms with Gasteiger partial charge in [0, 0.05) is 30.6 Å². The number of nitrogens with zero attached hydrogens (tertiary/aromatic N) is 5. The molecule has 0 spiro atoms. The number of amides is 2. The van der Waals surface area contributed by atoms with E-state index in [1.807, 2.05) is 0 Å². The third-order valence-electron chi connectivity index (χ3n) is 7.37. The van der Waals surface area contributed by atoms with Crippen LogP contribution in [0.4, 0.5) is 34.3 Å². The molecule has 3 heterocycles. The molecule has 3 atom stereocenters. The maximum atomic E-state index is 13.5. The second-order valence-electron chi connectivity index (χ2n) is 10.3. The molecule has 15 heteroatoms. The van der Waals surface area contributed by atoms with Crippen LogP contribution in [0.2, 0.25) is 0 Å². The van der Waals surface area contributed by atoms with Gasteiger partial charge in [0.15, 0.2) is 5.69 Å². The van der Waals surface area contributed by atoms with Crippen LogP contribution in [0.3, 0.4) is 0 Å². The van der Waals surface area contributed by atoms with Gasteiger partial charge in [0.2, 0.25) is 11.9 Å². The van der Waals surface area contributed by atoms with E-state index in [1.54, 1.807) is 4.57 Å². The normalized spacial score (nSPS) is 22.3. The first kappa shape index (κ1) is 25.8. The summed E-state index contributed by atoms with van der Waals surface area (Å²) in [5.74, 6) is -0.585. The molecule has 3 unspecified atom stereocenters. The minimum Gasteiger partial charge on any atom is -0.352 e. The topological polar surface area (TPSA) is 119 Å². The minimum atomic E-state index is -4.59.